The van der Waals surface area contributed by atoms with Gasteiger partial charge in [0, 0.05) is 39.0 Å². The molecule has 0 aliphatic rings. The summed E-state index contributed by atoms with van der Waals surface area (Å²) in [4.78, 5) is 20.1. The highest BCUT2D eigenvalue weighted by molar-refractivity contribution is 6.09. The number of aromatic nitrogens is 4. The van der Waals surface area contributed by atoms with Gasteiger partial charge in [-0.2, -0.15) is 0 Å². The topological polar surface area (TPSA) is 64.7 Å². The molecule has 10 aromatic rings. The van der Waals surface area contributed by atoms with Crippen LogP contribution < -0.4 is 0 Å². The summed E-state index contributed by atoms with van der Waals surface area (Å²) in [5.74, 6) is 1.73. The molecule has 0 atom stereocenters. The number of benzene rings is 7. The average molecular weight is 653 g/mol. The van der Waals surface area contributed by atoms with Gasteiger partial charge in [0.1, 0.15) is 11.2 Å². The Morgan fingerprint density at radius 2 is 1.02 bits per heavy atom. The molecule has 0 saturated heterocycles. The van der Waals surface area contributed by atoms with Crippen molar-refractivity contribution < 1.29 is 4.42 Å². The highest BCUT2D eigenvalue weighted by Crippen LogP contribution is 2.36. The Morgan fingerprint density at radius 3 is 1.90 bits per heavy atom. The molecule has 0 aliphatic heterocycles. The number of fused-ring (bicyclic) bond motifs is 5. The highest BCUT2D eigenvalue weighted by Gasteiger charge is 2.18. The first-order chi connectivity index (χ1) is 25.2. The fourth-order valence-corrected chi connectivity index (χ4v) is 6.93. The van der Waals surface area contributed by atoms with Crippen molar-refractivity contribution >= 4 is 43.5 Å². The fourth-order valence-electron chi connectivity index (χ4n) is 6.93. The van der Waals surface area contributed by atoms with Gasteiger partial charge in [0.25, 0.3) is 0 Å². The standard InChI is InChI=1S/C46H28N4O/c1-2-10-29(11-3-1)31-14-8-15-34(24-31)44-48-45(50-46(49-44)40-18-9-17-39-38-16-6-7-19-42(38)51-43(39)40)35-23-21-30-20-22-33(25-37(30)26-35)41-27-32-12-4-5-13-36(32)28-47-41/h1-28H. The van der Waals surface area contributed by atoms with Crippen LogP contribution in [0.25, 0.3) is 100 Å². The molecule has 0 amide bonds. The maximum atomic E-state index is 6.44. The highest BCUT2D eigenvalue weighted by atomic mass is 16.3. The van der Waals surface area contributed by atoms with Crippen molar-refractivity contribution in [1.29, 1.82) is 0 Å². The van der Waals surface area contributed by atoms with E-state index in [2.05, 4.69) is 121 Å². The second-order valence-corrected chi connectivity index (χ2v) is 12.7. The zero-order valence-corrected chi connectivity index (χ0v) is 27.4. The summed E-state index contributed by atoms with van der Waals surface area (Å²) >= 11 is 0. The smallest absolute Gasteiger partial charge is 0.167 e. The van der Waals surface area contributed by atoms with Crippen LogP contribution in [0.15, 0.2) is 174 Å². The Balaban J connectivity index is 1.15. The Kier molecular flexibility index (Phi) is 6.74. The lowest BCUT2D eigenvalue weighted by molar-refractivity contribution is 0.669. The van der Waals surface area contributed by atoms with Gasteiger partial charge in [-0.3, -0.25) is 4.98 Å². The van der Waals surface area contributed by atoms with Crippen LogP contribution in [0, 0.1) is 0 Å². The number of pyridine rings is 1. The second kappa shape index (κ2) is 11.9. The molecule has 51 heavy (non-hydrogen) atoms. The monoisotopic (exact) mass is 652 g/mol. The summed E-state index contributed by atoms with van der Waals surface area (Å²) in [5, 5.41) is 6.58. The third-order valence-electron chi connectivity index (χ3n) is 9.53. The van der Waals surface area contributed by atoms with Gasteiger partial charge in [-0.05, 0) is 63.7 Å². The summed E-state index contributed by atoms with van der Waals surface area (Å²) < 4.78 is 6.44. The van der Waals surface area contributed by atoms with E-state index in [0.717, 1.165) is 82.6 Å². The minimum atomic E-state index is 0.555. The number of furan rings is 1. The van der Waals surface area contributed by atoms with Crippen LogP contribution in [-0.4, -0.2) is 19.9 Å². The molecule has 0 fully saturated rings. The normalized spacial score (nSPS) is 11.5. The second-order valence-electron chi connectivity index (χ2n) is 12.7. The van der Waals surface area contributed by atoms with E-state index >= 15 is 0 Å². The van der Waals surface area contributed by atoms with Gasteiger partial charge in [-0.15, -0.1) is 0 Å². The summed E-state index contributed by atoms with van der Waals surface area (Å²) in [6.45, 7) is 0. The molecule has 3 aromatic heterocycles. The number of nitrogens with zero attached hydrogens (tertiary/aromatic N) is 4. The number of rotatable bonds is 5. The van der Waals surface area contributed by atoms with Crippen molar-refractivity contribution in [2.75, 3.05) is 0 Å². The lowest BCUT2D eigenvalue weighted by Crippen LogP contribution is -2.00. The third kappa shape index (κ3) is 5.20. The molecule has 10 rings (SSSR count). The van der Waals surface area contributed by atoms with Crippen LogP contribution in [0.1, 0.15) is 0 Å². The van der Waals surface area contributed by atoms with Crippen LogP contribution in [0.4, 0.5) is 0 Å². The molecule has 5 nitrogen and oxygen atoms in total. The van der Waals surface area contributed by atoms with Gasteiger partial charge in [-0.1, -0.05) is 127 Å². The molecule has 0 bridgehead atoms. The lowest BCUT2D eigenvalue weighted by atomic mass is 10.0. The van der Waals surface area contributed by atoms with Gasteiger partial charge in [0.05, 0.1) is 11.3 Å². The van der Waals surface area contributed by atoms with Crippen LogP contribution >= 0.6 is 0 Å². The van der Waals surface area contributed by atoms with E-state index in [4.69, 9.17) is 24.4 Å². The van der Waals surface area contributed by atoms with Crippen molar-refractivity contribution in [2.45, 2.75) is 0 Å². The predicted molar refractivity (Wildman–Crippen MR) is 207 cm³/mol. The SMILES string of the molecule is c1ccc(-c2cccc(-c3nc(-c4ccc5ccc(-c6cc7ccccc7cn6)cc5c4)nc(-c4cccc5c4oc4ccccc45)n3)c2)cc1. The van der Waals surface area contributed by atoms with Crippen molar-refractivity contribution in [3.63, 3.8) is 0 Å². The largest absolute Gasteiger partial charge is 0.455 e. The quantitative estimate of drug-likeness (QED) is 0.185. The molecule has 0 radical (unpaired) electrons. The molecule has 238 valence electrons. The summed E-state index contributed by atoms with van der Waals surface area (Å²) in [5.41, 5.74) is 8.42. The van der Waals surface area contributed by atoms with E-state index in [1.807, 2.05) is 48.7 Å². The minimum Gasteiger partial charge on any atom is -0.455 e. The maximum absolute atomic E-state index is 6.44. The van der Waals surface area contributed by atoms with Crippen LogP contribution in [0.5, 0.6) is 0 Å². The average Bonchev–Trinajstić information content (AvgIpc) is 3.59. The Labute approximate surface area is 293 Å². The van der Waals surface area contributed by atoms with E-state index in [1.54, 1.807) is 0 Å². The number of hydrogen-bond acceptors (Lipinski definition) is 5. The fraction of sp³-hybridized carbons (Fsp3) is 0. The molecular weight excluding hydrogens is 625 g/mol. The minimum absolute atomic E-state index is 0.555. The van der Waals surface area contributed by atoms with E-state index in [1.165, 1.54) is 0 Å². The Morgan fingerprint density at radius 1 is 0.373 bits per heavy atom. The lowest BCUT2D eigenvalue weighted by Gasteiger charge is -2.11. The van der Waals surface area contributed by atoms with Crippen LogP contribution in [-0.2, 0) is 0 Å². The molecular formula is C46H28N4O. The molecule has 0 aliphatic carbocycles. The van der Waals surface area contributed by atoms with Crippen molar-refractivity contribution in [1.82, 2.24) is 19.9 Å². The van der Waals surface area contributed by atoms with Crippen LogP contribution in [0.3, 0.4) is 0 Å². The Bertz CT molecular complexity index is 2930. The van der Waals surface area contributed by atoms with Crippen LogP contribution in [0.2, 0.25) is 0 Å². The first-order valence-electron chi connectivity index (χ1n) is 17.0. The summed E-state index contributed by atoms with van der Waals surface area (Å²) in [6.07, 6.45) is 1.94. The molecule has 0 spiro atoms. The van der Waals surface area contributed by atoms with Gasteiger partial charge < -0.3 is 4.42 Å². The van der Waals surface area contributed by atoms with Crippen molar-refractivity contribution in [3.05, 3.63) is 170 Å². The first kappa shape index (κ1) is 29.0. The third-order valence-corrected chi connectivity index (χ3v) is 9.53. The number of hydrogen-bond donors (Lipinski definition) is 0. The molecule has 7 aromatic carbocycles. The van der Waals surface area contributed by atoms with E-state index in [-0.39, 0.29) is 0 Å². The molecule has 0 N–H and O–H groups in total. The number of para-hydroxylation sites is 2. The van der Waals surface area contributed by atoms with E-state index in [9.17, 15) is 0 Å². The molecule has 5 heteroatoms. The predicted octanol–water partition coefficient (Wildman–Crippen LogP) is 11.8. The van der Waals surface area contributed by atoms with E-state index in [0.29, 0.717) is 17.5 Å². The molecule has 3 heterocycles. The molecule has 0 saturated carbocycles. The van der Waals surface area contributed by atoms with E-state index < -0.39 is 0 Å². The van der Waals surface area contributed by atoms with Gasteiger partial charge in [0.2, 0.25) is 0 Å². The Hall–Kier alpha value is -6.98. The zero-order chi connectivity index (χ0) is 33.7. The van der Waals surface area contributed by atoms with Crippen molar-refractivity contribution in [2.24, 2.45) is 0 Å². The molecule has 0 unspecified atom stereocenters. The van der Waals surface area contributed by atoms with Gasteiger partial charge in [-0.25, -0.2) is 15.0 Å². The maximum Gasteiger partial charge on any atom is 0.167 e. The van der Waals surface area contributed by atoms with Crippen molar-refractivity contribution in [3.8, 4) is 56.5 Å². The van der Waals surface area contributed by atoms with Gasteiger partial charge >= 0.3 is 0 Å². The summed E-state index contributed by atoms with van der Waals surface area (Å²) in [6, 6.07) is 56.3. The first-order valence-corrected chi connectivity index (χ1v) is 17.0. The summed E-state index contributed by atoms with van der Waals surface area (Å²) in [7, 11) is 0. The zero-order valence-electron chi connectivity index (χ0n) is 27.4. The van der Waals surface area contributed by atoms with Gasteiger partial charge in [0.15, 0.2) is 17.5 Å².